The Morgan fingerprint density at radius 3 is 2.91 bits per heavy atom. The highest BCUT2D eigenvalue weighted by atomic mass is 32.2. The highest BCUT2D eigenvalue weighted by molar-refractivity contribution is 8.02. The third-order valence-corrected chi connectivity index (χ3v) is 10.7. The average molecular weight is 533 g/mol. The Hall–Kier alpha value is -1.68. The summed E-state index contributed by atoms with van der Waals surface area (Å²) in [7, 11) is 1.31. The Morgan fingerprint density at radius 2 is 2.30 bits per heavy atom. The van der Waals surface area contributed by atoms with Gasteiger partial charge in [-0.25, -0.2) is 9.29 Å². The fourth-order valence-corrected chi connectivity index (χ4v) is 8.66. The van der Waals surface area contributed by atoms with Crippen LogP contribution in [-0.2, 0) is 19.2 Å². The third kappa shape index (κ3) is 4.78. The molecule has 15 heteroatoms. The minimum Gasteiger partial charge on any atom is -0.481 e. The van der Waals surface area contributed by atoms with Crippen LogP contribution in [0.4, 0.5) is 5.13 Å². The second kappa shape index (κ2) is 9.90. The molecule has 4 atom stereocenters. The smallest absolute Gasteiger partial charge is 0.313 e. The van der Waals surface area contributed by atoms with E-state index in [1.165, 1.54) is 30.8 Å². The predicted octanol–water partition coefficient (Wildman–Crippen LogP) is 0.590. The number of aliphatic carboxylic acids is 1. The molecular formula is C18H24N6O5S4. The van der Waals surface area contributed by atoms with Crippen molar-refractivity contribution < 1.29 is 24.3 Å². The Balaban J connectivity index is 1.40. The van der Waals surface area contributed by atoms with Gasteiger partial charge in [-0.15, -0.1) is 34.9 Å². The van der Waals surface area contributed by atoms with Crippen molar-refractivity contribution in [3.63, 3.8) is 0 Å². The molecule has 0 spiro atoms. The van der Waals surface area contributed by atoms with Gasteiger partial charge in [-0.2, -0.15) is 0 Å². The zero-order valence-corrected chi connectivity index (χ0v) is 21.2. The van der Waals surface area contributed by atoms with Crippen LogP contribution in [0.3, 0.4) is 0 Å². The summed E-state index contributed by atoms with van der Waals surface area (Å²) in [5, 5.41) is 18.0. The monoisotopic (exact) mass is 532 g/mol. The number of nitrogens with zero attached hydrogens (tertiary/aromatic N) is 4. The molecule has 4 N–H and O–H groups in total. The van der Waals surface area contributed by atoms with E-state index in [-0.39, 0.29) is 34.4 Å². The number of carbonyl (C=O) groups is 3. The van der Waals surface area contributed by atoms with Crippen LogP contribution in [0, 0.1) is 5.41 Å². The SMILES string of the molecule is CON=C(C(=O)NC1C(=O)N2CC(CSN3CSCC3C)(C(=O)O)CS[C@H]12)c1csc(N)n1. The fourth-order valence-electron chi connectivity index (χ4n) is 3.70. The molecule has 2 amide bonds. The summed E-state index contributed by atoms with van der Waals surface area (Å²) in [6, 6.07) is -0.383. The Labute approximate surface area is 207 Å². The van der Waals surface area contributed by atoms with Gasteiger partial charge in [0, 0.05) is 35.2 Å². The van der Waals surface area contributed by atoms with Crippen molar-refractivity contribution in [2.24, 2.45) is 10.6 Å². The minimum atomic E-state index is -1.04. The first-order valence-corrected chi connectivity index (χ1v) is 14.0. The van der Waals surface area contributed by atoms with Crippen LogP contribution < -0.4 is 11.1 Å². The topological polar surface area (TPSA) is 150 Å². The molecule has 3 aliphatic heterocycles. The Kier molecular flexibility index (Phi) is 7.33. The van der Waals surface area contributed by atoms with E-state index in [0.717, 1.165) is 23.0 Å². The van der Waals surface area contributed by atoms with Crippen molar-refractivity contribution in [2.45, 2.75) is 24.4 Å². The number of carboxylic acids is 1. The molecule has 0 radical (unpaired) electrons. The highest BCUT2D eigenvalue weighted by Gasteiger charge is 2.57. The number of nitrogens with one attached hydrogen (secondary N) is 1. The molecule has 0 aliphatic carbocycles. The van der Waals surface area contributed by atoms with Crippen molar-refractivity contribution in [2.75, 3.05) is 42.5 Å². The lowest BCUT2D eigenvalue weighted by Crippen LogP contribution is -2.74. The summed E-state index contributed by atoms with van der Waals surface area (Å²) in [6.45, 7) is 2.24. The Morgan fingerprint density at radius 1 is 1.52 bits per heavy atom. The highest BCUT2D eigenvalue weighted by Crippen LogP contribution is 2.44. The summed E-state index contributed by atoms with van der Waals surface area (Å²) >= 11 is 5.90. The third-order valence-electron chi connectivity index (χ3n) is 5.62. The Bertz CT molecular complexity index is 976. The maximum atomic E-state index is 12.9. The molecule has 4 heterocycles. The molecule has 3 aliphatic rings. The molecule has 0 aromatic carbocycles. The van der Waals surface area contributed by atoms with Crippen molar-refractivity contribution in [3.8, 4) is 0 Å². The number of thiazole rings is 1. The van der Waals surface area contributed by atoms with E-state index in [4.69, 9.17) is 10.6 Å². The van der Waals surface area contributed by atoms with E-state index >= 15 is 0 Å². The number of nitrogen functional groups attached to an aromatic ring is 1. The first-order valence-electron chi connectivity index (χ1n) is 10.0. The number of nitrogens with two attached hydrogens (primary N) is 1. The molecule has 3 saturated heterocycles. The maximum Gasteiger partial charge on any atom is 0.313 e. The van der Waals surface area contributed by atoms with Crippen LogP contribution in [0.1, 0.15) is 12.6 Å². The van der Waals surface area contributed by atoms with Gasteiger partial charge >= 0.3 is 5.97 Å². The molecular weight excluding hydrogens is 509 g/mol. The number of anilines is 1. The summed E-state index contributed by atoms with van der Waals surface area (Å²) in [6.07, 6.45) is 0. The quantitative estimate of drug-likeness (QED) is 0.187. The van der Waals surface area contributed by atoms with Gasteiger partial charge in [-0.3, -0.25) is 14.4 Å². The van der Waals surface area contributed by atoms with Gasteiger partial charge in [0.05, 0.1) is 5.88 Å². The van der Waals surface area contributed by atoms with Crippen molar-refractivity contribution >= 4 is 75.4 Å². The molecule has 1 aromatic heterocycles. The number of carboxylic acid groups (broad SMARTS) is 1. The number of rotatable bonds is 8. The lowest BCUT2D eigenvalue weighted by molar-refractivity contribution is -0.157. The van der Waals surface area contributed by atoms with Crippen LogP contribution in [0.25, 0.3) is 0 Å². The molecule has 3 fully saturated rings. The fraction of sp³-hybridized carbons (Fsp3) is 0.611. The van der Waals surface area contributed by atoms with Crippen molar-refractivity contribution in [1.29, 1.82) is 0 Å². The van der Waals surface area contributed by atoms with E-state index in [0.29, 0.717) is 17.5 Å². The zero-order valence-electron chi connectivity index (χ0n) is 17.9. The largest absolute Gasteiger partial charge is 0.481 e. The minimum absolute atomic E-state index is 0.0774. The van der Waals surface area contributed by atoms with E-state index in [9.17, 15) is 19.5 Å². The standard InChI is InChI=1S/C18H24N6O5S4/c1-9-3-30-8-24(9)33-7-18(16(27)28)5-23-14(26)12(15(23)32-6-18)21-13(25)11(22-29-2)10-4-31-17(19)20-10/h4,9,12,15H,3,5-8H2,1-2H3,(H2,19,20)(H,21,25)(H,27,28)/t9?,12?,15-,18?/m1/s1. The summed E-state index contributed by atoms with van der Waals surface area (Å²) in [4.78, 5) is 48.2. The van der Waals surface area contributed by atoms with Gasteiger partial charge in [0.25, 0.3) is 5.91 Å². The number of β-lactam (4-membered cyclic amide) rings is 1. The average Bonchev–Trinajstić information content (AvgIpc) is 3.41. The molecule has 0 saturated carbocycles. The van der Waals surface area contributed by atoms with Crippen molar-refractivity contribution in [1.82, 2.24) is 19.5 Å². The van der Waals surface area contributed by atoms with Crippen LogP contribution in [-0.4, -0.2) is 97.0 Å². The van der Waals surface area contributed by atoms with Crippen LogP contribution in [0.15, 0.2) is 10.5 Å². The number of oxime groups is 1. The van der Waals surface area contributed by atoms with E-state index in [1.807, 2.05) is 11.8 Å². The first kappa shape index (κ1) is 24.4. The number of thioether (sulfide) groups is 2. The molecule has 3 unspecified atom stereocenters. The van der Waals surface area contributed by atoms with Crippen LogP contribution >= 0.6 is 46.8 Å². The molecule has 0 bridgehead atoms. The first-order chi connectivity index (χ1) is 15.8. The van der Waals surface area contributed by atoms with Crippen LogP contribution in [0.5, 0.6) is 0 Å². The van der Waals surface area contributed by atoms with Crippen LogP contribution in [0.2, 0.25) is 0 Å². The molecule has 11 nitrogen and oxygen atoms in total. The van der Waals surface area contributed by atoms with Gasteiger partial charge in [0.2, 0.25) is 5.91 Å². The van der Waals surface area contributed by atoms with E-state index in [1.54, 1.807) is 10.3 Å². The number of amides is 2. The maximum absolute atomic E-state index is 12.9. The number of hydrogen-bond donors (Lipinski definition) is 3. The molecule has 1 aromatic rings. The van der Waals surface area contributed by atoms with Gasteiger partial charge in [0.1, 0.15) is 29.6 Å². The summed E-state index contributed by atoms with van der Waals surface area (Å²) < 4.78 is 2.20. The van der Waals surface area contributed by atoms with E-state index in [2.05, 4.69) is 26.7 Å². The second-order valence-electron chi connectivity index (χ2n) is 7.94. The zero-order chi connectivity index (χ0) is 23.8. The van der Waals surface area contributed by atoms with Crippen molar-refractivity contribution in [3.05, 3.63) is 11.1 Å². The normalized spacial score (nSPS) is 30.0. The number of aromatic nitrogens is 1. The second-order valence-corrected chi connectivity index (χ2v) is 11.9. The summed E-state index contributed by atoms with van der Waals surface area (Å²) in [5.41, 5.74) is 4.79. The van der Waals surface area contributed by atoms with Gasteiger partial charge in [0.15, 0.2) is 10.8 Å². The lowest BCUT2D eigenvalue weighted by Gasteiger charge is -2.53. The summed E-state index contributed by atoms with van der Waals surface area (Å²) in [5.74, 6) is 0.817. The van der Waals surface area contributed by atoms with E-state index < -0.39 is 23.3 Å². The molecule has 4 rings (SSSR count). The van der Waals surface area contributed by atoms with Gasteiger partial charge in [-0.1, -0.05) is 17.1 Å². The molecule has 33 heavy (non-hydrogen) atoms. The molecule has 180 valence electrons. The van der Waals surface area contributed by atoms with Gasteiger partial charge < -0.3 is 25.9 Å². The number of fused-ring (bicyclic) bond motifs is 1. The number of hydrogen-bond acceptors (Lipinski definition) is 12. The number of carbonyl (C=O) groups excluding carboxylic acids is 2. The lowest BCUT2D eigenvalue weighted by atomic mass is 9.89. The predicted molar refractivity (Wildman–Crippen MR) is 131 cm³/mol. The van der Waals surface area contributed by atoms with Gasteiger partial charge in [-0.05, 0) is 6.92 Å².